The fourth-order valence-electron chi connectivity index (χ4n) is 3.16. The third-order valence-corrected chi connectivity index (χ3v) is 6.61. The molecule has 0 saturated heterocycles. The summed E-state index contributed by atoms with van der Waals surface area (Å²) in [6.45, 7) is 5.54. The molecule has 3 aromatic rings. The first kappa shape index (κ1) is 23.6. The van der Waals surface area contributed by atoms with Crippen molar-refractivity contribution in [1.29, 1.82) is 0 Å². The predicted octanol–water partition coefficient (Wildman–Crippen LogP) is 5.60. The van der Waals surface area contributed by atoms with Gasteiger partial charge in [-0.3, -0.25) is 9.69 Å². The van der Waals surface area contributed by atoms with Crippen molar-refractivity contribution in [3.63, 3.8) is 0 Å². The molecular weight excluding hydrogens is 436 g/mol. The Morgan fingerprint density at radius 2 is 1.84 bits per heavy atom. The van der Waals surface area contributed by atoms with Crippen LogP contribution in [0.1, 0.15) is 25.8 Å². The van der Waals surface area contributed by atoms with E-state index >= 15 is 0 Å². The molecule has 0 fully saturated rings. The van der Waals surface area contributed by atoms with Gasteiger partial charge in [-0.05, 0) is 50.8 Å². The van der Waals surface area contributed by atoms with E-state index in [1.54, 1.807) is 16.7 Å². The van der Waals surface area contributed by atoms with Crippen molar-refractivity contribution in [3.05, 3.63) is 53.6 Å². The number of hydrogen-bond donors (Lipinski definition) is 0. The zero-order valence-electron chi connectivity index (χ0n) is 18.2. The molecule has 166 valence electrons. The number of benzene rings is 2. The second-order valence-electron chi connectivity index (χ2n) is 7.92. The highest BCUT2D eigenvalue weighted by Gasteiger charge is 2.21. The molecule has 0 aliphatic rings. The Hall–Kier alpha value is -2.03. The number of fused-ring (bicyclic) bond motifs is 1. The van der Waals surface area contributed by atoms with E-state index in [1.807, 2.05) is 43.3 Å². The van der Waals surface area contributed by atoms with Gasteiger partial charge in [-0.15, -0.1) is 11.8 Å². The first-order valence-corrected chi connectivity index (χ1v) is 11.9. The third-order valence-electron chi connectivity index (χ3n) is 4.57. The fourth-order valence-corrected chi connectivity index (χ4v) is 5.05. The molecule has 0 N–H and O–H groups in total. The van der Waals surface area contributed by atoms with Crippen LogP contribution in [0.2, 0.25) is 0 Å². The van der Waals surface area contributed by atoms with Crippen LogP contribution in [0.4, 0.5) is 13.9 Å². The average Bonchev–Trinajstić information content (AvgIpc) is 3.10. The number of halogens is 2. The summed E-state index contributed by atoms with van der Waals surface area (Å²) in [5.41, 5.74) is 1.01. The molecule has 4 nitrogen and oxygen atoms in total. The molecule has 2 aromatic carbocycles. The molecule has 0 saturated carbocycles. The van der Waals surface area contributed by atoms with E-state index in [-0.39, 0.29) is 17.8 Å². The Morgan fingerprint density at radius 1 is 1.13 bits per heavy atom. The molecule has 0 spiro atoms. The average molecular weight is 464 g/mol. The van der Waals surface area contributed by atoms with E-state index in [2.05, 4.69) is 18.8 Å². The quantitative estimate of drug-likeness (QED) is 0.387. The number of rotatable bonds is 9. The lowest BCUT2D eigenvalue weighted by atomic mass is 10.1. The van der Waals surface area contributed by atoms with E-state index in [1.165, 1.54) is 6.07 Å². The second kappa shape index (κ2) is 10.5. The SMILES string of the molecule is CC(C)Sc1ccc(CC(=O)N(CCCN(C)C)c2nc3c(F)cc(F)cc3s2)cc1. The zero-order chi connectivity index (χ0) is 22.5. The molecule has 0 aliphatic carbocycles. The Bertz CT molecular complexity index is 1040. The molecule has 1 heterocycles. The summed E-state index contributed by atoms with van der Waals surface area (Å²) in [6, 6.07) is 10.1. The minimum absolute atomic E-state index is 0.0990. The zero-order valence-corrected chi connectivity index (χ0v) is 19.8. The summed E-state index contributed by atoms with van der Waals surface area (Å²) >= 11 is 2.91. The normalized spacial score (nSPS) is 11.6. The molecule has 0 aliphatic heterocycles. The van der Waals surface area contributed by atoms with Crippen LogP contribution in [-0.4, -0.2) is 48.2 Å². The highest BCUT2D eigenvalue weighted by molar-refractivity contribution is 7.99. The second-order valence-corrected chi connectivity index (χ2v) is 10.6. The van der Waals surface area contributed by atoms with Gasteiger partial charge in [0.25, 0.3) is 0 Å². The smallest absolute Gasteiger partial charge is 0.233 e. The number of hydrogen-bond acceptors (Lipinski definition) is 5. The number of anilines is 1. The molecule has 0 atom stereocenters. The number of aromatic nitrogens is 1. The number of thioether (sulfide) groups is 1. The molecule has 0 bridgehead atoms. The largest absolute Gasteiger partial charge is 0.309 e. The van der Waals surface area contributed by atoms with Gasteiger partial charge in [-0.25, -0.2) is 13.8 Å². The van der Waals surface area contributed by atoms with Crippen molar-refractivity contribution >= 4 is 44.4 Å². The van der Waals surface area contributed by atoms with Gasteiger partial charge >= 0.3 is 0 Å². The minimum Gasteiger partial charge on any atom is -0.309 e. The topological polar surface area (TPSA) is 36.4 Å². The van der Waals surface area contributed by atoms with Gasteiger partial charge < -0.3 is 4.90 Å². The highest BCUT2D eigenvalue weighted by Crippen LogP contribution is 2.32. The van der Waals surface area contributed by atoms with Crippen LogP contribution in [0.25, 0.3) is 10.2 Å². The van der Waals surface area contributed by atoms with Crippen LogP contribution in [0, 0.1) is 11.6 Å². The third kappa shape index (κ3) is 6.48. The minimum atomic E-state index is -0.712. The summed E-state index contributed by atoms with van der Waals surface area (Å²) in [7, 11) is 3.94. The van der Waals surface area contributed by atoms with E-state index in [9.17, 15) is 13.6 Å². The molecule has 31 heavy (non-hydrogen) atoms. The Morgan fingerprint density at radius 3 is 2.48 bits per heavy atom. The lowest BCUT2D eigenvalue weighted by Crippen LogP contribution is -2.34. The van der Waals surface area contributed by atoms with Crippen LogP contribution in [0.15, 0.2) is 41.3 Å². The van der Waals surface area contributed by atoms with Gasteiger partial charge in [-0.1, -0.05) is 37.3 Å². The van der Waals surface area contributed by atoms with Crippen LogP contribution in [0.3, 0.4) is 0 Å². The van der Waals surface area contributed by atoms with Crippen molar-refractivity contribution in [1.82, 2.24) is 9.88 Å². The van der Waals surface area contributed by atoms with E-state index in [0.717, 1.165) is 40.8 Å². The van der Waals surface area contributed by atoms with Crippen LogP contribution in [-0.2, 0) is 11.2 Å². The first-order chi connectivity index (χ1) is 14.7. The van der Waals surface area contributed by atoms with Gasteiger partial charge in [0.1, 0.15) is 11.3 Å². The summed E-state index contributed by atoms with van der Waals surface area (Å²) in [5.74, 6) is -1.47. The molecule has 8 heteroatoms. The maximum absolute atomic E-state index is 14.1. The lowest BCUT2D eigenvalue weighted by molar-refractivity contribution is -0.118. The van der Waals surface area contributed by atoms with Gasteiger partial charge in [0.2, 0.25) is 5.91 Å². The van der Waals surface area contributed by atoms with Crippen LogP contribution >= 0.6 is 23.1 Å². The van der Waals surface area contributed by atoms with Crippen molar-refractivity contribution in [3.8, 4) is 0 Å². The number of amides is 1. The van der Waals surface area contributed by atoms with E-state index in [0.29, 0.717) is 21.6 Å². The molecule has 3 rings (SSSR count). The maximum atomic E-state index is 14.1. The number of nitrogens with zero attached hydrogens (tertiary/aromatic N) is 3. The van der Waals surface area contributed by atoms with Gasteiger partial charge in [-0.2, -0.15) is 0 Å². The highest BCUT2D eigenvalue weighted by atomic mass is 32.2. The van der Waals surface area contributed by atoms with Crippen molar-refractivity contribution in [2.24, 2.45) is 0 Å². The standard InChI is InChI=1S/C23H27F2N3OS2/c1-15(2)30-18-8-6-16(7-9-18)12-21(29)28(11-5-10-27(3)4)23-26-22-19(25)13-17(24)14-20(22)31-23/h6-9,13-15H,5,10-12H2,1-4H3. The number of thiazole rings is 1. The van der Waals surface area contributed by atoms with Crippen molar-refractivity contribution < 1.29 is 13.6 Å². The fraction of sp³-hybridized carbons (Fsp3) is 0.391. The molecular formula is C23H27F2N3OS2. The van der Waals surface area contributed by atoms with E-state index in [4.69, 9.17) is 0 Å². The first-order valence-electron chi connectivity index (χ1n) is 10.2. The Kier molecular flexibility index (Phi) is 8.02. The van der Waals surface area contributed by atoms with Gasteiger partial charge in [0.05, 0.1) is 11.1 Å². The summed E-state index contributed by atoms with van der Waals surface area (Å²) in [6.07, 6.45) is 0.969. The van der Waals surface area contributed by atoms with E-state index < -0.39 is 11.6 Å². The van der Waals surface area contributed by atoms with Crippen LogP contribution < -0.4 is 4.90 Å². The van der Waals surface area contributed by atoms with Crippen molar-refractivity contribution in [2.75, 3.05) is 32.1 Å². The summed E-state index contributed by atoms with van der Waals surface area (Å²) in [5, 5.41) is 0.888. The van der Waals surface area contributed by atoms with Crippen molar-refractivity contribution in [2.45, 2.75) is 36.8 Å². The van der Waals surface area contributed by atoms with Gasteiger partial charge in [0.15, 0.2) is 10.9 Å². The van der Waals surface area contributed by atoms with Gasteiger partial charge in [0, 0.05) is 22.8 Å². The predicted molar refractivity (Wildman–Crippen MR) is 126 cm³/mol. The van der Waals surface area contributed by atoms with Crippen LogP contribution in [0.5, 0.6) is 0 Å². The molecule has 0 unspecified atom stereocenters. The maximum Gasteiger partial charge on any atom is 0.233 e. The molecule has 1 aromatic heterocycles. The Balaban J connectivity index is 1.82. The Labute approximate surface area is 190 Å². The summed E-state index contributed by atoms with van der Waals surface area (Å²) in [4.78, 5) is 22.3. The number of carbonyl (C=O) groups is 1. The number of carbonyl (C=O) groups excluding carboxylic acids is 1. The summed E-state index contributed by atoms with van der Waals surface area (Å²) < 4.78 is 28.2. The lowest BCUT2D eigenvalue weighted by Gasteiger charge is -2.21. The molecule has 1 amide bonds. The molecule has 0 radical (unpaired) electrons. The monoisotopic (exact) mass is 463 g/mol.